The predicted octanol–water partition coefficient (Wildman–Crippen LogP) is 4.41. The van der Waals surface area contributed by atoms with Gasteiger partial charge in [-0.1, -0.05) is 67.8 Å². The molecule has 0 aromatic heterocycles. The molecule has 2 amide bonds. The SMILES string of the molecule is CC1(C(=O)O)CN(C(=O)C2CCCCCC2NC(=O)OCC2c3ccccc3-c3ccccc32)C1. The number of carboxylic acid groups (broad SMARTS) is 1. The number of alkyl carbamates (subject to hydrolysis) is 1. The molecular weight excluding hydrogens is 444 g/mol. The molecule has 0 spiro atoms. The van der Waals surface area contributed by atoms with Crippen molar-refractivity contribution in [2.75, 3.05) is 19.7 Å². The van der Waals surface area contributed by atoms with Crippen LogP contribution in [0.2, 0.25) is 0 Å². The largest absolute Gasteiger partial charge is 0.481 e. The number of ether oxygens (including phenoxy) is 1. The number of fused-ring (bicyclic) bond motifs is 3. The second-order valence-corrected chi connectivity index (χ2v) is 10.4. The minimum atomic E-state index is -0.879. The van der Waals surface area contributed by atoms with Crippen molar-refractivity contribution in [1.82, 2.24) is 10.2 Å². The van der Waals surface area contributed by atoms with Crippen molar-refractivity contribution in [2.45, 2.75) is 51.0 Å². The number of hydrogen-bond acceptors (Lipinski definition) is 4. The van der Waals surface area contributed by atoms with E-state index >= 15 is 0 Å². The fourth-order valence-corrected chi connectivity index (χ4v) is 5.89. The summed E-state index contributed by atoms with van der Waals surface area (Å²) in [6.07, 6.45) is 3.77. The van der Waals surface area contributed by atoms with E-state index < -0.39 is 17.5 Å². The highest BCUT2D eigenvalue weighted by atomic mass is 16.5. The minimum absolute atomic E-state index is 0.0190. The topological polar surface area (TPSA) is 95.9 Å². The van der Waals surface area contributed by atoms with Crippen molar-refractivity contribution in [3.63, 3.8) is 0 Å². The molecule has 1 heterocycles. The lowest BCUT2D eigenvalue weighted by Crippen LogP contribution is -2.63. The number of benzene rings is 2. The summed E-state index contributed by atoms with van der Waals surface area (Å²) in [5, 5.41) is 12.4. The molecule has 0 radical (unpaired) electrons. The quantitative estimate of drug-likeness (QED) is 0.624. The smallest absolute Gasteiger partial charge is 0.407 e. The van der Waals surface area contributed by atoms with Crippen molar-refractivity contribution in [3.8, 4) is 11.1 Å². The average Bonchev–Trinajstić information content (AvgIpc) is 2.96. The summed E-state index contributed by atoms with van der Waals surface area (Å²) in [6, 6.07) is 16.1. The van der Waals surface area contributed by atoms with Gasteiger partial charge < -0.3 is 20.1 Å². The molecule has 5 rings (SSSR count). The lowest BCUT2D eigenvalue weighted by molar-refractivity contribution is -0.166. The third kappa shape index (κ3) is 4.40. The molecule has 0 bridgehead atoms. The number of carboxylic acids is 1. The van der Waals surface area contributed by atoms with E-state index in [1.54, 1.807) is 11.8 Å². The van der Waals surface area contributed by atoms with Crippen LogP contribution in [0, 0.1) is 11.3 Å². The standard InChI is InChI=1S/C28H32N2O5/c1-28(26(32)33)16-30(17-28)25(31)22-13-3-2-4-14-24(22)29-27(34)35-15-23-20-11-7-5-9-18(20)19-10-6-8-12-21(19)23/h5-12,22-24H,2-4,13-17H2,1H3,(H,29,34)(H,32,33). The number of amides is 2. The lowest BCUT2D eigenvalue weighted by atomic mass is 9.80. The average molecular weight is 477 g/mol. The molecule has 7 heteroatoms. The predicted molar refractivity (Wildman–Crippen MR) is 131 cm³/mol. The van der Waals surface area contributed by atoms with Gasteiger partial charge in [0.1, 0.15) is 6.61 Å². The van der Waals surface area contributed by atoms with Gasteiger partial charge in [0.05, 0.1) is 11.3 Å². The fourth-order valence-electron chi connectivity index (χ4n) is 5.89. The van der Waals surface area contributed by atoms with Crippen LogP contribution in [0.25, 0.3) is 11.1 Å². The molecule has 2 aromatic carbocycles. The van der Waals surface area contributed by atoms with Gasteiger partial charge in [-0.25, -0.2) is 4.79 Å². The lowest BCUT2D eigenvalue weighted by Gasteiger charge is -2.46. The summed E-state index contributed by atoms with van der Waals surface area (Å²) >= 11 is 0. The highest BCUT2D eigenvalue weighted by Crippen LogP contribution is 2.44. The van der Waals surface area contributed by atoms with Crippen LogP contribution in [0.15, 0.2) is 48.5 Å². The zero-order valence-electron chi connectivity index (χ0n) is 20.0. The van der Waals surface area contributed by atoms with Gasteiger partial charge >= 0.3 is 12.1 Å². The fraction of sp³-hybridized carbons (Fsp3) is 0.464. The number of carbonyl (C=O) groups excluding carboxylic acids is 2. The Kier molecular flexibility index (Phi) is 6.26. The summed E-state index contributed by atoms with van der Waals surface area (Å²) in [7, 11) is 0. The van der Waals surface area contributed by atoms with Crippen molar-refractivity contribution < 1.29 is 24.2 Å². The molecule has 2 fully saturated rings. The van der Waals surface area contributed by atoms with E-state index in [4.69, 9.17) is 4.74 Å². The minimum Gasteiger partial charge on any atom is -0.481 e. The molecule has 35 heavy (non-hydrogen) atoms. The van der Waals surface area contributed by atoms with Gasteiger partial charge in [-0.15, -0.1) is 0 Å². The van der Waals surface area contributed by atoms with Crippen molar-refractivity contribution in [3.05, 3.63) is 59.7 Å². The maximum atomic E-state index is 13.2. The first-order valence-corrected chi connectivity index (χ1v) is 12.5. The van der Waals surface area contributed by atoms with Crippen LogP contribution in [-0.4, -0.2) is 53.7 Å². The van der Waals surface area contributed by atoms with Crippen molar-refractivity contribution >= 4 is 18.0 Å². The van der Waals surface area contributed by atoms with E-state index in [1.165, 1.54) is 11.1 Å². The number of hydrogen-bond donors (Lipinski definition) is 2. The third-order valence-corrected chi connectivity index (χ3v) is 7.89. The molecule has 7 nitrogen and oxygen atoms in total. The van der Waals surface area contributed by atoms with E-state index in [0.29, 0.717) is 12.8 Å². The first-order valence-electron chi connectivity index (χ1n) is 12.5. The van der Waals surface area contributed by atoms with Crippen molar-refractivity contribution in [1.29, 1.82) is 0 Å². The second kappa shape index (κ2) is 9.36. The van der Waals surface area contributed by atoms with Crippen LogP contribution in [0.1, 0.15) is 56.1 Å². The molecular formula is C28H32N2O5. The van der Waals surface area contributed by atoms with Gasteiger partial charge in [-0.05, 0) is 42.0 Å². The van der Waals surface area contributed by atoms with Crippen LogP contribution in [0.5, 0.6) is 0 Å². The van der Waals surface area contributed by atoms with E-state index in [-0.39, 0.29) is 43.5 Å². The Hall–Kier alpha value is -3.35. The molecule has 1 saturated heterocycles. The summed E-state index contributed by atoms with van der Waals surface area (Å²) in [4.78, 5) is 39.2. The highest BCUT2D eigenvalue weighted by Gasteiger charge is 2.49. The molecule has 2 aromatic rings. The summed E-state index contributed by atoms with van der Waals surface area (Å²) in [5.41, 5.74) is 3.78. The van der Waals surface area contributed by atoms with E-state index in [1.807, 2.05) is 24.3 Å². The zero-order valence-corrected chi connectivity index (χ0v) is 20.0. The monoisotopic (exact) mass is 476 g/mol. The summed E-state index contributed by atoms with van der Waals surface area (Å²) in [6.45, 7) is 2.33. The molecule has 2 aliphatic carbocycles. The second-order valence-electron chi connectivity index (χ2n) is 10.4. The Labute approximate surface area is 205 Å². The Morgan fingerprint density at radius 2 is 1.57 bits per heavy atom. The Morgan fingerprint density at radius 3 is 2.20 bits per heavy atom. The highest BCUT2D eigenvalue weighted by molar-refractivity contribution is 5.85. The first-order chi connectivity index (χ1) is 16.9. The van der Waals surface area contributed by atoms with Crippen molar-refractivity contribution in [2.24, 2.45) is 11.3 Å². The number of carbonyl (C=O) groups is 3. The maximum absolute atomic E-state index is 13.2. The van der Waals surface area contributed by atoms with Gasteiger partial charge in [-0.2, -0.15) is 0 Å². The number of nitrogens with zero attached hydrogens (tertiary/aromatic N) is 1. The van der Waals surface area contributed by atoms with Gasteiger partial charge in [0.15, 0.2) is 0 Å². The normalized spacial score (nSPS) is 22.8. The molecule has 2 atom stereocenters. The maximum Gasteiger partial charge on any atom is 0.407 e. The van der Waals surface area contributed by atoms with Crippen LogP contribution >= 0.6 is 0 Å². The van der Waals surface area contributed by atoms with Gasteiger partial charge in [-0.3, -0.25) is 9.59 Å². The molecule has 1 saturated carbocycles. The van der Waals surface area contributed by atoms with Gasteiger partial charge in [0, 0.05) is 25.0 Å². The van der Waals surface area contributed by atoms with Gasteiger partial charge in [0.2, 0.25) is 5.91 Å². The molecule has 2 N–H and O–H groups in total. The molecule has 1 aliphatic heterocycles. The molecule has 184 valence electrons. The van der Waals surface area contributed by atoms with E-state index in [2.05, 4.69) is 29.6 Å². The van der Waals surface area contributed by atoms with Crippen LogP contribution in [0.4, 0.5) is 4.79 Å². The van der Waals surface area contributed by atoms with Crippen LogP contribution in [-0.2, 0) is 14.3 Å². The molecule has 2 unspecified atom stereocenters. The number of nitrogens with one attached hydrogen (secondary N) is 1. The Balaban J connectivity index is 1.23. The molecule has 3 aliphatic rings. The number of likely N-dealkylation sites (tertiary alicyclic amines) is 1. The summed E-state index contributed by atoms with van der Waals surface area (Å²) < 4.78 is 5.72. The number of rotatable bonds is 5. The third-order valence-electron chi connectivity index (χ3n) is 7.89. The Morgan fingerprint density at radius 1 is 0.971 bits per heavy atom. The summed E-state index contributed by atoms with van der Waals surface area (Å²) in [5.74, 6) is -1.31. The van der Waals surface area contributed by atoms with Crippen LogP contribution < -0.4 is 5.32 Å². The first kappa shape index (κ1) is 23.4. The number of aliphatic carboxylic acids is 1. The van der Waals surface area contributed by atoms with Gasteiger partial charge in [0.25, 0.3) is 0 Å². The van der Waals surface area contributed by atoms with E-state index in [9.17, 15) is 19.5 Å². The zero-order chi connectivity index (χ0) is 24.6. The Bertz CT molecular complexity index is 1090. The van der Waals surface area contributed by atoms with Crippen LogP contribution in [0.3, 0.4) is 0 Å². The van der Waals surface area contributed by atoms with E-state index in [0.717, 1.165) is 30.4 Å².